The number of phenolic OH excluding ortho intramolecular Hbond substituents is 1. The Morgan fingerprint density at radius 3 is 2.60 bits per heavy atom. The Labute approximate surface area is 88.2 Å². The van der Waals surface area contributed by atoms with E-state index < -0.39 is 0 Å². The van der Waals surface area contributed by atoms with Gasteiger partial charge < -0.3 is 5.11 Å². The maximum Gasteiger partial charge on any atom is 0.163 e. The van der Waals surface area contributed by atoms with E-state index in [1.165, 1.54) is 6.92 Å². The van der Waals surface area contributed by atoms with E-state index in [2.05, 4.69) is 0 Å². The lowest BCUT2D eigenvalue weighted by molar-refractivity contribution is 0.101. The van der Waals surface area contributed by atoms with Crippen LogP contribution in [0.1, 0.15) is 22.8 Å². The summed E-state index contributed by atoms with van der Waals surface area (Å²) in [6.07, 6.45) is 0. The van der Waals surface area contributed by atoms with Crippen molar-refractivity contribution in [1.29, 1.82) is 0 Å². The molecule has 0 fully saturated rings. The third kappa shape index (κ3) is 1.48. The highest BCUT2D eigenvalue weighted by molar-refractivity contribution is 6.04. The van der Waals surface area contributed by atoms with Crippen molar-refractivity contribution >= 4 is 16.6 Å². The van der Waals surface area contributed by atoms with Gasteiger partial charge in [-0.3, -0.25) is 4.79 Å². The molecule has 0 radical (unpaired) electrons. The number of carbonyl (C=O) groups is 1. The van der Waals surface area contributed by atoms with Gasteiger partial charge in [-0.2, -0.15) is 0 Å². The largest absolute Gasteiger partial charge is 0.507 e. The van der Waals surface area contributed by atoms with E-state index in [4.69, 9.17) is 0 Å². The summed E-state index contributed by atoms with van der Waals surface area (Å²) in [5.74, 6) is -0.00569. The van der Waals surface area contributed by atoms with Gasteiger partial charge in [-0.25, -0.2) is 0 Å². The predicted molar refractivity (Wildman–Crippen MR) is 60.4 cm³/mol. The van der Waals surface area contributed by atoms with Crippen molar-refractivity contribution in [3.8, 4) is 5.75 Å². The van der Waals surface area contributed by atoms with Gasteiger partial charge in [-0.15, -0.1) is 0 Å². The van der Waals surface area contributed by atoms with E-state index in [1.807, 2.05) is 37.3 Å². The molecule has 2 aromatic rings. The van der Waals surface area contributed by atoms with Crippen LogP contribution in [0.25, 0.3) is 10.8 Å². The number of fused-ring (bicyclic) bond motifs is 1. The number of aryl methyl sites for hydroxylation is 1. The molecule has 76 valence electrons. The zero-order valence-corrected chi connectivity index (χ0v) is 8.74. The number of carbonyl (C=O) groups excluding carboxylic acids is 1. The van der Waals surface area contributed by atoms with Gasteiger partial charge in [0.05, 0.1) is 5.56 Å². The Morgan fingerprint density at radius 2 is 1.93 bits per heavy atom. The quantitative estimate of drug-likeness (QED) is 0.718. The topological polar surface area (TPSA) is 37.3 Å². The van der Waals surface area contributed by atoms with Crippen LogP contribution in [0.5, 0.6) is 5.75 Å². The molecule has 0 atom stereocenters. The van der Waals surface area contributed by atoms with Crippen LogP contribution >= 0.6 is 0 Å². The molecule has 0 bridgehead atoms. The zero-order valence-electron chi connectivity index (χ0n) is 8.74. The standard InChI is InChI=1S/C13H12O2/c1-8-7-10-5-3-4-6-11(10)13(15)12(8)9(2)14/h3-7,15H,1-2H3. The molecule has 0 aliphatic heterocycles. The molecule has 0 saturated carbocycles. The molecule has 2 aromatic carbocycles. The maximum absolute atomic E-state index is 11.4. The summed E-state index contributed by atoms with van der Waals surface area (Å²) in [6, 6.07) is 9.42. The van der Waals surface area contributed by atoms with E-state index in [-0.39, 0.29) is 11.5 Å². The molecule has 0 spiro atoms. The number of hydrogen-bond acceptors (Lipinski definition) is 2. The Bertz CT molecular complexity index is 541. The highest BCUT2D eigenvalue weighted by Gasteiger charge is 2.13. The summed E-state index contributed by atoms with van der Waals surface area (Å²) in [5.41, 5.74) is 1.24. The van der Waals surface area contributed by atoms with Crippen LogP contribution in [0.2, 0.25) is 0 Å². The van der Waals surface area contributed by atoms with Gasteiger partial charge in [0.2, 0.25) is 0 Å². The molecule has 1 N–H and O–H groups in total. The molecular weight excluding hydrogens is 188 g/mol. The number of Topliss-reactive ketones (excluding diaryl/α,β-unsaturated/α-hetero) is 1. The van der Waals surface area contributed by atoms with Gasteiger partial charge in [0.25, 0.3) is 0 Å². The summed E-state index contributed by atoms with van der Waals surface area (Å²) in [5, 5.41) is 11.7. The van der Waals surface area contributed by atoms with Gasteiger partial charge >= 0.3 is 0 Å². The number of aromatic hydroxyl groups is 1. The molecule has 2 rings (SSSR count). The predicted octanol–water partition coefficient (Wildman–Crippen LogP) is 3.06. The van der Waals surface area contributed by atoms with Gasteiger partial charge in [0.15, 0.2) is 5.78 Å². The maximum atomic E-state index is 11.4. The normalized spacial score (nSPS) is 10.5. The number of hydrogen-bond donors (Lipinski definition) is 1. The van der Waals surface area contributed by atoms with Crippen molar-refractivity contribution in [1.82, 2.24) is 0 Å². The molecule has 15 heavy (non-hydrogen) atoms. The second-order valence-electron chi connectivity index (χ2n) is 3.69. The molecule has 0 saturated heterocycles. The monoisotopic (exact) mass is 200 g/mol. The van der Waals surface area contributed by atoms with E-state index >= 15 is 0 Å². The summed E-state index contributed by atoms with van der Waals surface area (Å²) < 4.78 is 0. The lowest BCUT2D eigenvalue weighted by Gasteiger charge is -2.08. The van der Waals surface area contributed by atoms with Gasteiger partial charge in [-0.1, -0.05) is 30.3 Å². The summed E-state index contributed by atoms with van der Waals surface area (Å²) in [7, 11) is 0. The van der Waals surface area contributed by atoms with Crippen molar-refractivity contribution in [2.24, 2.45) is 0 Å². The van der Waals surface area contributed by atoms with Crippen molar-refractivity contribution in [2.75, 3.05) is 0 Å². The second kappa shape index (κ2) is 3.39. The highest BCUT2D eigenvalue weighted by atomic mass is 16.3. The molecular formula is C13H12O2. The van der Waals surface area contributed by atoms with E-state index in [1.54, 1.807) is 0 Å². The van der Waals surface area contributed by atoms with Gasteiger partial charge in [0, 0.05) is 5.39 Å². The van der Waals surface area contributed by atoms with Crippen LogP contribution in [0, 0.1) is 6.92 Å². The number of benzene rings is 2. The highest BCUT2D eigenvalue weighted by Crippen LogP contribution is 2.31. The van der Waals surface area contributed by atoms with E-state index in [9.17, 15) is 9.90 Å². The average Bonchev–Trinajstić information content (AvgIpc) is 2.17. The first kappa shape index (κ1) is 9.71. The molecule has 0 unspecified atom stereocenters. The first-order chi connectivity index (χ1) is 7.11. The number of phenols is 1. The van der Waals surface area contributed by atoms with Crippen LogP contribution in [0.3, 0.4) is 0 Å². The van der Waals surface area contributed by atoms with Crippen molar-refractivity contribution in [3.63, 3.8) is 0 Å². The van der Waals surface area contributed by atoms with Crippen LogP contribution in [-0.4, -0.2) is 10.9 Å². The first-order valence-corrected chi connectivity index (χ1v) is 4.83. The Hall–Kier alpha value is -1.83. The molecule has 0 aromatic heterocycles. The van der Waals surface area contributed by atoms with Crippen molar-refractivity contribution < 1.29 is 9.90 Å². The number of rotatable bonds is 1. The summed E-state index contributed by atoms with van der Waals surface area (Å²) in [4.78, 5) is 11.4. The van der Waals surface area contributed by atoms with Crippen LogP contribution in [0.15, 0.2) is 30.3 Å². The van der Waals surface area contributed by atoms with Crippen LogP contribution in [0.4, 0.5) is 0 Å². The van der Waals surface area contributed by atoms with Crippen LogP contribution < -0.4 is 0 Å². The summed E-state index contributed by atoms with van der Waals surface area (Å²) in [6.45, 7) is 3.31. The second-order valence-corrected chi connectivity index (χ2v) is 3.69. The lowest BCUT2D eigenvalue weighted by atomic mass is 9.98. The fourth-order valence-electron chi connectivity index (χ4n) is 1.91. The molecule has 0 aliphatic rings. The zero-order chi connectivity index (χ0) is 11.0. The fraction of sp³-hybridized carbons (Fsp3) is 0.154. The molecule has 2 heteroatoms. The van der Waals surface area contributed by atoms with Crippen LogP contribution in [-0.2, 0) is 0 Å². The average molecular weight is 200 g/mol. The first-order valence-electron chi connectivity index (χ1n) is 4.83. The lowest BCUT2D eigenvalue weighted by Crippen LogP contribution is -1.97. The summed E-state index contributed by atoms with van der Waals surface area (Å²) >= 11 is 0. The van der Waals surface area contributed by atoms with E-state index in [0.29, 0.717) is 5.56 Å². The van der Waals surface area contributed by atoms with Crippen molar-refractivity contribution in [3.05, 3.63) is 41.5 Å². The smallest absolute Gasteiger partial charge is 0.163 e. The Morgan fingerprint density at radius 1 is 1.27 bits per heavy atom. The minimum atomic E-state index is -0.101. The number of ketones is 1. The third-order valence-electron chi connectivity index (χ3n) is 2.57. The van der Waals surface area contributed by atoms with Crippen molar-refractivity contribution in [2.45, 2.75) is 13.8 Å². The van der Waals surface area contributed by atoms with Gasteiger partial charge in [-0.05, 0) is 24.8 Å². The SMILES string of the molecule is CC(=O)c1c(C)cc2ccccc2c1O. The van der Waals surface area contributed by atoms with E-state index in [0.717, 1.165) is 16.3 Å². The molecule has 2 nitrogen and oxygen atoms in total. The fourth-order valence-corrected chi connectivity index (χ4v) is 1.91. The Balaban J connectivity index is 2.90. The van der Waals surface area contributed by atoms with Gasteiger partial charge in [0.1, 0.15) is 5.75 Å². The minimum absolute atomic E-state index is 0.0955. The molecule has 0 heterocycles. The molecule has 0 aliphatic carbocycles. The third-order valence-corrected chi connectivity index (χ3v) is 2.57. The molecule has 0 amide bonds. The minimum Gasteiger partial charge on any atom is -0.507 e. The Kier molecular flexibility index (Phi) is 2.19.